The highest BCUT2D eigenvalue weighted by atomic mass is 35.5. The fourth-order valence-corrected chi connectivity index (χ4v) is 3.45. The summed E-state index contributed by atoms with van der Waals surface area (Å²) in [6, 6.07) is 8.15. The Balaban J connectivity index is 0.00000225. The van der Waals surface area contributed by atoms with Crippen molar-refractivity contribution >= 4 is 29.3 Å². The Hall–Kier alpha value is -1.79. The van der Waals surface area contributed by atoms with Crippen molar-refractivity contribution in [3.8, 4) is 0 Å². The van der Waals surface area contributed by atoms with E-state index in [2.05, 4.69) is 19.2 Å². The molecule has 0 spiro atoms. The van der Waals surface area contributed by atoms with Gasteiger partial charge in [0, 0.05) is 45.2 Å². The van der Waals surface area contributed by atoms with Gasteiger partial charge in [-0.2, -0.15) is 0 Å². The number of fused-ring (bicyclic) bond motifs is 1. The predicted molar refractivity (Wildman–Crippen MR) is 102 cm³/mol. The Morgan fingerprint density at radius 1 is 1.20 bits per heavy atom. The van der Waals surface area contributed by atoms with Crippen LogP contribution >= 0.6 is 12.4 Å². The fourth-order valence-electron chi connectivity index (χ4n) is 3.45. The molecule has 0 saturated carbocycles. The van der Waals surface area contributed by atoms with Gasteiger partial charge in [0.25, 0.3) is 0 Å². The number of piperazine rings is 1. The third-order valence-electron chi connectivity index (χ3n) is 4.64. The average Bonchev–Trinajstić information content (AvgIpc) is 2.85. The predicted octanol–water partition coefficient (Wildman–Crippen LogP) is 1.85. The first-order valence-electron chi connectivity index (χ1n) is 8.81. The molecule has 7 heteroatoms. The molecular weight excluding hydrogens is 340 g/mol. The minimum Gasteiger partial charge on any atom is -0.340 e. The molecule has 1 aromatic carbocycles. The number of aryl methyl sites for hydroxylation is 2. The van der Waals surface area contributed by atoms with Crippen molar-refractivity contribution in [2.45, 2.75) is 45.8 Å². The molecule has 3 rings (SSSR count). The molecule has 1 fully saturated rings. The monoisotopic (exact) mass is 366 g/mol. The highest BCUT2D eigenvalue weighted by Gasteiger charge is 2.21. The van der Waals surface area contributed by atoms with Crippen LogP contribution in [0.1, 0.15) is 26.7 Å². The van der Waals surface area contributed by atoms with Crippen molar-refractivity contribution in [3.63, 3.8) is 0 Å². The number of hydrogen-bond donors (Lipinski definition) is 1. The average molecular weight is 367 g/mol. The summed E-state index contributed by atoms with van der Waals surface area (Å²) in [5.74, 6) is 0.127. The number of rotatable bonds is 5. The van der Waals surface area contributed by atoms with Crippen LogP contribution in [-0.4, -0.2) is 45.6 Å². The number of nitrogens with zero attached hydrogens (tertiary/aromatic N) is 3. The van der Waals surface area contributed by atoms with Crippen molar-refractivity contribution in [1.29, 1.82) is 0 Å². The summed E-state index contributed by atoms with van der Waals surface area (Å²) in [4.78, 5) is 27.1. The van der Waals surface area contributed by atoms with Crippen LogP contribution in [0.15, 0.2) is 29.1 Å². The van der Waals surface area contributed by atoms with Crippen LogP contribution in [0.3, 0.4) is 0 Å². The fraction of sp³-hybridized carbons (Fsp3) is 0.556. The van der Waals surface area contributed by atoms with E-state index in [1.807, 2.05) is 33.7 Å². The van der Waals surface area contributed by atoms with Crippen molar-refractivity contribution in [3.05, 3.63) is 34.7 Å². The number of para-hydroxylation sites is 2. The summed E-state index contributed by atoms with van der Waals surface area (Å²) >= 11 is 0. The molecule has 138 valence electrons. The van der Waals surface area contributed by atoms with Gasteiger partial charge in [-0.3, -0.25) is 13.9 Å². The number of halogens is 1. The summed E-state index contributed by atoms with van der Waals surface area (Å²) in [7, 11) is 0. The van der Waals surface area contributed by atoms with E-state index in [-0.39, 0.29) is 24.0 Å². The second-order valence-electron chi connectivity index (χ2n) is 6.52. The summed E-state index contributed by atoms with van der Waals surface area (Å²) in [5, 5.41) is 3.34. The van der Waals surface area contributed by atoms with Gasteiger partial charge in [0.15, 0.2) is 0 Å². The summed E-state index contributed by atoms with van der Waals surface area (Å²) in [6.45, 7) is 7.61. The number of amides is 1. The Bertz CT molecular complexity index is 783. The second kappa shape index (κ2) is 8.54. The minimum atomic E-state index is -0.0143. The molecule has 1 saturated heterocycles. The van der Waals surface area contributed by atoms with E-state index in [4.69, 9.17) is 0 Å². The van der Waals surface area contributed by atoms with Gasteiger partial charge in [-0.05, 0) is 25.5 Å². The summed E-state index contributed by atoms with van der Waals surface area (Å²) in [5.41, 5.74) is 1.85. The van der Waals surface area contributed by atoms with Crippen LogP contribution < -0.4 is 11.0 Å². The van der Waals surface area contributed by atoms with Crippen molar-refractivity contribution in [2.24, 2.45) is 0 Å². The van der Waals surface area contributed by atoms with Gasteiger partial charge in [0.2, 0.25) is 5.91 Å². The van der Waals surface area contributed by atoms with Crippen LogP contribution in [-0.2, 0) is 17.9 Å². The number of carbonyl (C=O) groups is 1. The minimum absolute atomic E-state index is 0. The van der Waals surface area contributed by atoms with Crippen molar-refractivity contribution in [1.82, 2.24) is 19.4 Å². The molecule has 1 unspecified atom stereocenters. The molecular formula is C18H27ClN4O2. The lowest BCUT2D eigenvalue weighted by atomic mass is 10.2. The van der Waals surface area contributed by atoms with E-state index in [0.29, 0.717) is 25.6 Å². The quantitative estimate of drug-likeness (QED) is 0.878. The normalized spacial score (nSPS) is 17.5. The molecule has 1 atom stereocenters. The van der Waals surface area contributed by atoms with Gasteiger partial charge in [-0.15, -0.1) is 12.4 Å². The topological polar surface area (TPSA) is 59.3 Å². The van der Waals surface area contributed by atoms with Gasteiger partial charge in [0.1, 0.15) is 0 Å². The number of benzene rings is 1. The molecule has 25 heavy (non-hydrogen) atoms. The lowest BCUT2D eigenvalue weighted by Crippen LogP contribution is -2.51. The molecule has 2 aromatic rings. The van der Waals surface area contributed by atoms with Crippen LogP contribution in [0, 0.1) is 0 Å². The first-order valence-corrected chi connectivity index (χ1v) is 8.81. The molecule has 2 heterocycles. The van der Waals surface area contributed by atoms with E-state index >= 15 is 0 Å². The van der Waals surface area contributed by atoms with E-state index in [1.54, 1.807) is 4.57 Å². The van der Waals surface area contributed by atoms with E-state index in [0.717, 1.165) is 37.1 Å². The molecule has 1 N–H and O–H groups in total. The third kappa shape index (κ3) is 4.07. The van der Waals surface area contributed by atoms with E-state index < -0.39 is 0 Å². The van der Waals surface area contributed by atoms with Gasteiger partial charge in [-0.1, -0.05) is 19.1 Å². The zero-order chi connectivity index (χ0) is 17.1. The molecule has 1 aromatic heterocycles. The van der Waals surface area contributed by atoms with E-state index in [1.165, 1.54) is 0 Å². The highest BCUT2D eigenvalue weighted by Crippen LogP contribution is 2.14. The maximum absolute atomic E-state index is 12.7. The van der Waals surface area contributed by atoms with Crippen LogP contribution in [0.4, 0.5) is 0 Å². The Morgan fingerprint density at radius 2 is 1.84 bits per heavy atom. The molecule has 1 aliphatic heterocycles. The highest BCUT2D eigenvalue weighted by molar-refractivity contribution is 5.85. The molecule has 0 aliphatic carbocycles. The molecule has 6 nitrogen and oxygen atoms in total. The first-order chi connectivity index (χ1) is 11.6. The zero-order valence-electron chi connectivity index (χ0n) is 14.9. The summed E-state index contributed by atoms with van der Waals surface area (Å²) in [6.07, 6.45) is 1.28. The number of aromatic nitrogens is 2. The van der Waals surface area contributed by atoms with Crippen LogP contribution in [0.5, 0.6) is 0 Å². The van der Waals surface area contributed by atoms with Gasteiger partial charge in [-0.25, -0.2) is 4.79 Å². The number of nitrogens with one attached hydrogen (secondary N) is 1. The van der Waals surface area contributed by atoms with Gasteiger partial charge >= 0.3 is 5.69 Å². The Morgan fingerprint density at radius 3 is 2.44 bits per heavy atom. The lowest BCUT2D eigenvalue weighted by Gasteiger charge is -2.32. The van der Waals surface area contributed by atoms with Crippen molar-refractivity contribution < 1.29 is 4.79 Å². The lowest BCUT2D eigenvalue weighted by molar-refractivity contribution is -0.132. The number of hydrogen-bond acceptors (Lipinski definition) is 3. The van der Waals surface area contributed by atoms with Crippen LogP contribution in [0.25, 0.3) is 11.0 Å². The molecule has 1 amide bonds. The molecule has 0 radical (unpaired) electrons. The maximum atomic E-state index is 12.7. The largest absolute Gasteiger partial charge is 0.340 e. The zero-order valence-corrected chi connectivity index (χ0v) is 15.7. The molecule has 1 aliphatic rings. The number of imidazole rings is 1. The van der Waals surface area contributed by atoms with Gasteiger partial charge in [0.05, 0.1) is 11.0 Å². The Kier molecular flexibility index (Phi) is 6.67. The SMILES string of the molecule is CCCn1c(=O)n(CCC(=O)N2CCNC(C)C2)c2ccccc21.Cl. The van der Waals surface area contributed by atoms with E-state index in [9.17, 15) is 9.59 Å². The number of carbonyl (C=O) groups excluding carboxylic acids is 1. The standard InChI is InChI=1S/C18H26N4O2.ClH/c1-3-10-21-15-6-4-5-7-16(15)22(18(21)24)11-8-17(23)20-12-9-19-14(2)13-20;/h4-7,14,19H,3,8-13H2,1-2H3;1H. The van der Waals surface area contributed by atoms with Gasteiger partial charge < -0.3 is 10.2 Å². The second-order valence-corrected chi connectivity index (χ2v) is 6.52. The first kappa shape index (κ1) is 19.5. The maximum Gasteiger partial charge on any atom is 0.329 e. The van der Waals surface area contributed by atoms with Crippen LogP contribution in [0.2, 0.25) is 0 Å². The Labute approximate surface area is 154 Å². The molecule has 0 bridgehead atoms. The third-order valence-corrected chi connectivity index (χ3v) is 4.64. The smallest absolute Gasteiger partial charge is 0.329 e. The van der Waals surface area contributed by atoms with Crippen molar-refractivity contribution in [2.75, 3.05) is 19.6 Å². The summed E-state index contributed by atoms with van der Waals surface area (Å²) < 4.78 is 3.56.